The number of esters is 1. The maximum atomic E-state index is 13.1. The number of thioether (sulfide) groups is 1. The molecule has 0 aliphatic rings. The van der Waals surface area contributed by atoms with Crippen molar-refractivity contribution in [3.8, 4) is 0 Å². The van der Waals surface area contributed by atoms with Crippen LogP contribution in [0, 0.1) is 0 Å². The molecule has 6 rings (SSSR count). The van der Waals surface area contributed by atoms with E-state index in [9.17, 15) is 9.59 Å². The number of allylic oxidation sites excluding steroid dienone is 2. The standard InChI is InChI=1S/C51H57N3O3SSi/c1-59(2,3)36-34-57-50(56)40-54(38-42-23-19-22-41-21-16-17-32-48(41)42)39-47-31-20-30-46(53-47)37-52-49(55)33-15-4-5-18-35-58-51(43-24-9-6-10-25-43,44-26-11-7-12-27-44)45-28-13-8-14-29-45/h4-14,16-17,19-32H,15,18,33-40H2,1-3H3,(H,52,55)/b5-4+. The Morgan fingerprint density at radius 3 is 1.93 bits per heavy atom. The molecule has 0 unspecified atom stereocenters. The third-order valence-corrected chi connectivity index (χ3v) is 13.6. The van der Waals surface area contributed by atoms with Crippen molar-refractivity contribution >= 4 is 42.5 Å². The Labute approximate surface area is 356 Å². The summed E-state index contributed by atoms with van der Waals surface area (Å²) in [7, 11) is -1.32. The van der Waals surface area contributed by atoms with Gasteiger partial charge in [0.25, 0.3) is 0 Å². The Morgan fingerprint density at radius 1 is 0.695 bits per heavy atom. The lowest BCUT2D eigenvalue weighted by Gasteiger charge is -2.35. The van der Waals surface area contributed by atoms with Gasteiger partial charge in [-0.15, -0.1) is 11.8 Å². The second kappa shape index (κ2) is 21.6. The molecule has 0 spiro atoms. The molecule has 5 aromatic carbocycles. The van der Waals surface area contributed by atoms with Gasteiger partial charge >= 0.3 is 5.97 Å². The normalized spacial score (nSPS) is 11.9. The third-order valence-electron chi connectivity index (χ3n) is 10.3. The minimum Gasteiger partial charge on any atom is -0.465 e. The molecule has 1 heterocycles. The summed E-state index contributed by atoms with van der Waals surface area (Å²) in [5, 5.41) is 5.39. The Kier molecular flexibility index (Phi) is 15.9. The lowest BCUT2D eigenvalue weighted by molar-refractivity contribution is -0.144. The Morgan fingerprint density at radius 2 is 1.27 bits per heavy atom. The first kappa shape index (κ1) is 43.3. The van der Waals surface area contributed by atoms with Gasteiger partial charge in [-0.05, 0) is 69.8 Å². The van der Waals surface area contributed by atoms with Crippen LogP contribution in [0.1, 0.15) is 52.9 Å². The molecule has 0 saturated heterocycles. The van der Waals surface area contributed by atoms with Gasteiger partial charge in [0.1, 0.15) is 0 Å². The highest BCUT2D eigenvalue weighted by Gasteiger charge is 2.36. The van der Waals surface area contributed by atoms with Crippen LogP contribution in [0.3, 0.4) is 0 Å². The number of hydrogen-bond acceptors (Lipinski definition) is 6. The Balaban J connectivity index is 1.01. The smallest absolute Gasteiger partial charge is 0.320 e. The van der Waals surface area contributed by atoms with Crippen LogP contribution in [-0.2, 0) is 38.7 Å². The maximum absolute atomic E-state index is 13.1. The van der Waals surface area contributed by atoms with Gasteiger partial charge < -0.3 is 10.1 Å². The van der Waals surface area contributed by atoms with Crippen molar-refractivity contribution in [3.05, 3.63) is 197 Å². The van der Waals surface area contributed by atoms with Crippen LogP contribution in [0.15, 0.2) is 164 Å². The highest BCUT2D eigenvalue weighted by Crippen LogP contribution is 2.48. The molecule has 59 heavy (non-hydrogen) atoms. The van der Waals surface area contributed by atoms with Crippen molar-refractivity contribution in [1.29, 1.82) is 0 Å². The number of aromatic nitrogens is 1. The molecule has 1 aromatic heterocycles. The van der Waals surface area contributed by atoms with Gasteiger partial charge in [0.2, 0.25) is 5.91 Å². The first-order chi connectivity index (χ1) is 28.7. The van der Waals surface area contributed by atoms with Crippen LogP contribution in [0.5, 0.6) is 0 Å². The zero-order valence-corrected chi connectivity index (χ0v) is 36.5. The lowest BCUT2D eigenvalue weighted by atomic mass is 9.84. The number of carbonyl (C=O) groups excluding carboxylic acids is 2. The summed E-state index contributed by atoms with van der Waals surface area (Å²) in [6.45, 7) is 8.85. The maximum Gasteiger partial charge on any atom is 0.320 e. The number of amides is 1. The summed E-state index contributed by atoms with van der Waals surface area (Å²) in [4.78, 5) is 33.0. The number of pyridine rings is 1. The molecule has 0 aliphatic heterocycles. The lowest BCUT2D eigenvalue weighted by Crippen LogP contribution is -2.32. The third kappa shape index (κ3) is 12.9. The van der Waals surface area contributed by atoms with Crippen molar-refractivity contribution < 1.29 is 14.3 Å². The van der Waals surface area contributed by atoms with Gasteiger partial charge in [0.05, 0.1) is 35.8 Å². The summed E-state index contributed by atoms with van der Waals surface area (Å²) in [5.74, 6) is 0.688. The molecule has 0 fully saturated rings. The van der Waals surface area contributed by atoms with Crippen LogP contribution < -0.4 is 5.32 Å². The highest BCUT2D eigenvalue weighted by atomic mass is 32.2. The van der Waals surface area contributed by atoms with E-state index in [1.54, 1.807) is 0 Å². The van der Waals surface area contributed by atoms with E-state index in [1.165, 1.54) is 27.5 Å². The van der Waals surface area contributed by atoms with Crippen LogP contribution in [0.25, 0.3) is 10.8 Å². The molecule has 0 atom stereocenters. The Hall–Kier alpha value is -5.28. The predicted octanol–water partition coefficient (Wildman–Crippen LogP) is 11.2. The summed E-state index contributed by atoms with van der Waals surface area (Å²) in [5.41, 5.74) is 6.54. The number of nitrogens with zero attached hydrogens (tertiary/aromatic N) is 2. The van der Waals surface area contributed by atoms with Crippen molar-refractivity contribution in [3.63, 3.8) is 0 Å². The molecule has 0 bridgehead atoms. The monoisotopic (exact) mass is 819 g/mol. The van der Waals surface area contributed by atoms with E-state index in [2.05, 4.69) is 163 Å². The zero-order valence-electron chi connectivity index (χ0n) is 34.7. The van der Waals surface area contributed by atoms with Gasteiger partial charge in [-0.2, -0.15) is 0 Å². The van der Waals surface area contributed by atoms with Gasteiger partial charge in [0.15, 0.2) is 0 Å². The molecule has 0 radical (unpaired) electrons. The number of ether oxygens (including phenoxy) is 1. The SMILES string of the molecule is C[Si](C)(C)CCOC(=O)CN(Cc1cccc(CNC(=O)CC/C=C/CCSC(c2ccccc2)(c2ccccc2)c2ccccc2)n1)Cc1cccc2ccccc12. The van der Waals surface area contributed by atoms with E-state index >= 15 is 0 Å². The molecule has 8 heteroatoms. The first-order valence-electron chi connectivity index (χ1n) is 20.7. The topological polar surface area (TPSA) is 71.5 Å². The van der Waals surface area contributed by atoms with Crippen LogP contribution in [-0.4, -0.2) is 48.7 Å². The molecule has 304 valence electrons. The number of benzene rings is 5. The van der Waals surface area contributed by atoms with Crippen molar-refractivity contribution in [2.24, 2.45) is 0 Å². The van der Waals surface area contributed by atoms with E-state index in [4.69, 9.17) is 9.72 Å². The molecule has 1 amide bonds. The highest BCUT2D eigenvalue weighted by molar-refractivity contribution is 8.00. The number of nitrogens with one attached hydrogen (secondary N) is 1. The van der Waals surface area contributed by atoms with Gasteiger partial charge in [-0.25, -0.2) is 0 Å². The minimum atomic E-state index is -1.32. The fraction of sp³-hybridized carbons (Fsp3) is 0.275. The van der Waals surface area contributed by atoms with Crippen LogP contribution >= 0.6 is 11.8 Å². The second-order valence-corrected chi connectivity index (χ2v) is 23.1. The van der Waals surface area contributed by atoms with E-state index in [-0.39, 0.29) is 23.2 Å². The van der Waals surface area contributed by atoms with Crippen LogP contribution in [0.4, 0.5) is 0 Å². The van der Waals surface area contributed by atoms with Crippen LogP contribution in [0.2, 0.25) is 25.7 Å². The van der Waals surface area contributed by atoms with E-state index < -0.39 is 8.07 Å². The summed E-state index contributed by atoms with van der Waals surface area (Å²) < 4.78 is 5.37. The summed E-state index contributed by atoms with van der Waals surface area (Å²) in [6, 6.07) is 53.7. The molecular formula is C51H57N3O3SSi. The molecule has 6 nitrogen and oxygen atoms in total. The zero-order chi connectivity index (χ0) is 41.3. The molecule has 0 aliphatic carbocycles. The number of carbonyl (C=O) groups is 2. The molecule has 6 aromatic rings. The molecule has 1 N–H and O–H groups in total. The fourth-order valence-electron chi connectivity index (χ4n) is 7.26. The largest absolute Gasteiger partial charge is 0.465 e. The van der Waals surface area contributed by atoms with Gasteiger partial charge in [-0.1, -0.05) is 171 Å². The molecular weight excluding hydrogens is 763 g/mol. The van der Waals surface area contributed by atoms with Crippen molar-refractivity contribution in [2.45, 2.75) is 69.3 Å². The number of rotatable bonds is 21. The number of fused-ring (bicyclic) bond motifs is 1. The summed E-state index contributed by atoms with van der Waals surface area (Å²) >= 11 is 1.95. The first-order valence-corrected chi connectivity index (χ1v) is 25.4. The second-order valence-electron chi connectivity index (χ2n) is 16.1. The Bertz CT molecular complexity index is 2160. The minimum absolute atomic E-state index is 0.00822. The van der Waals surface area contributed by atoms with E-state index in [1.807, 2.05) is 42.1 Å². The van der Waals surface area contributed by atoms with E-state index in [0.717, 1.165) is 35.2 Å². The molecule has 0 saturated carbocycles. The quantitative estimate of drug-likeness (QED) is 0.0256. The average Bonchev–Trinajstić information content (AvgIpc) is 3.25. The average molecular weight is 820 g/mol. The number of hydrogen-bond donors (Lipinski definition) is 1. The predicted molar refractivity (Wildman–Crippen MR) is 248 cm³/mol. The van der Waals surface area contributed by atoms with Gasteiger partial charge in [-0.3, -0.25) is 19.5 Å². The summed E-state index contributed by atoms with van der Waals surface area (Å²) in [6.07, 6.45) is 6.29. The van der Waals surface area contributed by atoms with E-state index in [0.29, 0.717) is 39.1 Å². The van der Waals surface area contributed by atoms with Crippen molar-refractivity contribution in [2.75, 3.05) is 18.9 Å². The fourth-order valence-corrected chi connectivity index (χ4v) is 9.44. The van der Waals surface area contributed by atoms with Gasteiger partial charge in [0, 0.05) is 27.6 Å². The van der Waals surface area contributed by atoms with Crippen molar-refractivity contribution in [1.82, 2.24) is 15.2 Å².